The van der Waals surface area contributed by atoms with Crippen LogP contribution in [-0.2, 0) is 6.54 Å². The molecule has 0 radical (unpaired) electrons. The molecule has 1 aromatic carbocycles. The molecule has 1 rings (SSSR count). The molecule has 0 heterocycles. The molecule has 2 N–H and O–H groups in total. The van der Waals surface area contributed by atoms with Gasteiger partial charge in [-0.25, -0.2) is 8.78 Å². The Morgan fingerprint density at radius 1 is 1.44 bits per heavy atom. The topological polar surface area (TPSA) is 32.3 Å². The second-order valence-electron chi connectivity index (χ2n) is 3.27. The summed E-state index contributed by atoms with van der Waals surface area (Å²) in [7, 11) is 0. The molecule has 0 aliphatic rings. The first-order valence-electron chi connectivity index (χ1n) is 4.61. The fourth-order valence-corrected chi connectivity index (χ4v) is 1.72. The van der Waals surface area contributed by atoms with E-state index in [0.29, 0.717) is 11.6 Å². The smallest absolute Gasteiger partial charge is 0.265 e. The summed E-state index contributed by atoms with van der Waals surface area (Å²) in [5.41, 5.74) is 0.789. The first-order valence-corrected chi connectivity index (χ1v) is 5.78. The average Bonchev–Trinajstić information content (AvgIpc) is 2.22. The SMILES string of the molecule is OC(CNCc1cc(Br)ccc1Cl)C(F)F. The van der Waals surface area contributed by atoms with Crippen molar-refractivity contribution in [3.63, 3.8) is 0 Å². The maximum atomic E-state index is 12.0. The summed E-state index contributed by atoms with van der Waals surface area (Å²) >= 11 is 9.19. The standard InChI is InChI=1S/C10H11BrClF2NO/c11-7-1-2-8(12)6(3-7)4-15-5-9(16)10(13)14/h1-3,9-10,15-16H,4-5H2. The summed E-state index contributed by atoms with van der Waals surface area (Å²) in [6, 6.07) is 5.30. The molecule has 1 atom stereocenters. The van der Waals surface area contributed by atoms with Crippen LogP contribution >= 0.6 is 27.5 Å². The molecule has 0 aliphatic heterocycles. The number of rotatable bonds is 5. The van der Waals surface area contributed by atoms with Gasteiger partial charge in [-0.1, -0.05) is 27.5 Å². The quantitative estimate of drug-likeness (QED) is 0.876. The minimum Gasteiger partial charge on any atom is -0.386 e. The van der Waals surface area contributed by atoms with Gasteiger partial charge in [0.2, 0.25) is 0 Å². The first-order chi connectivity index (χ1) is 7.50. The van der Waals surface area contributed by atoms with Gasteiger partial charge in [0, 0.05) is 22.6 Å². The minimum atomic E-state index is -2.73. The van der Waals surface area contributed by atoms with Crippen LogP contribution < -0.4 is 5.32 Å². The van der Waals surface area contributed by atoms with E-state index >= 15 is 0 Å². The number of alkyl halides is 2. The molecule has 16 heavy (non-hydrogen) atoms. The Morgan fingerprint density at radius 2 is 2.12 bits per heavy atom. The summed E-state index contributed by atoms with van der Waals surface area (Å²) in [6.45, 7) is 0.169. The summed E-state index contributed by atoms with van der Waals surface area (Å²) in [5, 5.41) is 12.1. The molecule has 0 aromatic heterocycles. The van der Waals surface area contributed by atoms with Gasteiger partial charge in [-0.15, -0.1) is 0 Å². The summed E-state index contributed by atoms with van der Waals surface area (Å²) in [5.74, 6) is 0. The van der Waals surface area contributed by atoms with Crippen molar-refractivity contribution < 1.29 is 13.9 Å². The molecule has 0 aliphatic carbocycles. The number of nitrogens with one attached hydrogen (secondary N) is 1. The lowest BCUT2D eigenvalue weighted by Crippen LogP contribution is -2.31. The molecule has 1 unspecified atom stereocenters. The number of aliphatic hydroxyl groups is 1. The highest BCUT2D eigenvalue weighted by Gasteiger charge is 2.15. The lowest BCUT2D eigenvalue weighted by molar-refractivity contribution is -0.00340. The highest BCUT2D eigenvalue weighted by Crippen LogP contribution is 2.20. The van der Waals surface area contributed by atoms with Gasteiger partial charge in [0.05, 0.1) is 0 Å². The lowest BCUT2D eigenvalue weighted by Gasteiger charge is -2.11. The highest BCUT2D eigenvalue weighted by molar-refractivity contribution is 9.10. The zero-order chi connectivity index (χ0) is 12.1. The van der Waals surface area contributed by atoms with E-state index in [-0.39, 0.29) is 6.54 Å². The number of benzene rings is 1. The Balaban J connectivity index is 2.45. The fraction of sp³-hybridized carbons (Fsp3) is 0.400. The predicted molar refractivity (Wildman–Crippen MR) is 62.9 cm³/mol. The maximum absolute atomic E-state index is 12.0. The molecule has 6 heteroatoms. The van der Waals surface area contributed by atoms with Gasteiger partial charge in [0.25, 0.3) is 6.43 Å². The van der Waals surface area contributed by atoms with E-state index in [9.17, 15) is 8.78 Å². The Labute approximate surface area is 106 Å². The molecule has 0 saturated heterocycles. The van der Waals surface area contributed by atoms with Gasteiger partial charge in [-0.05, 0) is 23.8 Å². The van der Waals surface area contributed by atoms with Crippen LogP contribution in [0.1, 0.15) is 5.56 Å². The van der Waals surface area contributed by atoms with E-state index < -0.39 is 12.5 Å². The number of hydrogen-bond acceptors (Lipinski definition) is 2. The third kappa shape index (κ3) is 4.33. The molecule has 0 spiro atoms. The van der Waals surface area contributed by atoms with Crippen LogP contribution in [0.25, 0.3) is 0 Å². The van der Waals surface area contributed by atoms with E-state index in [1.165, 1.54) is 0 Å². The van der Waals surface area contributed by atoms with Crippen LogP contribution in [0, 0.1) is 0 Å². The van der Waals surface area contributed by atoms with Crippen LogP contribution in [0.15, 0.2) is 22.7 Å². The third-order valence-electron chi connectivity index (χ3n) is 1.97. The highest BCUT2D eigenvalue weighted by atomic mass is 79.9. The molecular formula is C10H11BrClF2NO. The van der Waals surface area contributed by atoms with Gasteiger partial charge in [0.15, 0.2) is 0 Å². The van der Waals surface area contributed by atoms with Crippen molar-refractivity contribution >= 4 is 27.5 Å². The van der Waals surface area contributed by atoms with Crippen LogP contribution in [0.3, 0.4) is 0 Å². The Bertz CT molecular complexity index is 352. The summed E-state index contributed by atoms with van der Waals surface area (Å²) in [6.07, 6.45) is -4.38. The molecule has 0 bridgehead atoms. The summed E-state index contributed by atoms with van der Waals surface area (Å²) in [4.78, 5) is 0. The maximum Gasteiger partial charge on any atom is 0.265 e. The second-order valence-corrected chi connectivity index (χ2v) is 4.59. The zero-order valence-corrected chi connectivity index (χ0v) is 10.6. The molecule has 0 amide bonds. The van der Waals surface area contributed by atoms with Crippen molar-refractivity contribution in [1.82, 2.24) is 5.32 Å². The normalized spacial score (nSPS) is 13.1. The van der Waals surface area contributed by atoms with Crippen LogP contribution in [0.2, 0.25) is 5.02 Å². The van der Waals surface area contributed by atoms with Crippen molar-refractivity contribution in [3.8, 4) is 0 Å². The minimum absolute atomic E-state index is 0.166. The molecule has 90 valence electrons. The van der Waals surface area contributed by atoms with E-state index in [1.807, 2.05) is 0 Å². The van der Waals surface area contributed by atoms with E-state index in [1.54, 1.807) is 18.2 Å². The molecule has 1 aromatic rings. The Kier molecular flexibility index (Phi) is 5.61. The van der Waals surface area contributed by atoms with Crippen LogP contribution in [0.4, 0.5) is 8.78 Å². The molecule has 0 saturated carbocycles. The fourth-order valence-electron chi connectivity index (χ4n) is 1.12. The van der Waals surface area contributed by atoms with Crippen molar-refractivity contribution in [2.75, 3.05) is 6.54 Å². The number of halogens is 4. The third-order valence-corrected chi connectivity index (χ3v) is 2.83. The number of aliphatic hydroxyl groups excluding tert-OH is 1. The van der Waals surface area contributed by atoms with Gasteiger partial charge < -0.3 is 10.4 Å². The Hall–Kier alpha value is -0.230. The van der Waals surface area contributed by atoms with Crippen molar-refractivity contribution in [2.45, 2.75) is 19.1 Å². The molecule has 2 nitrogen and oxygen atoms in total. The average molecular weight is 315 g/mol. The zero-order valence-electron chi connectivity index (χ0n) is 8.26. The lowest BCUT2D eigenvalue weighted by atomic mass is 10.2. The Morgan fingerprint density at radius 3 is 2.75 bits per heavy atom. The van der Waals surface area contributed by atoms with Crippen LogP contribution in [-0.4, -0.2) is 24.2 Å². The monoisotopic (exact) mass is 313 g/mol. The van der Waals surface area contributed by atoms with E-state index in [2.05, 4.69) is 21.2 Å². The van der Waals surface area contributed by atoms with Gasteiger partial charge in [-0.3, -0.25) is 0 Å². The van der Waals surface area contributed by atoms with E-state index in [0.717, 1.165) is 10.0 Å². The molecular weight excluding hydrogens is 303 g/mol. The van der Waals surface area contributed by atoms with Gasteiger partial charge >= 0.3 is 0 Å². The van der Waals surface area contributed by atoms with Crippen molar-refractivity contribution in [3.05, 3.63) is 33.3 Å². The first kappa shape index (κ1) is 13.8. The van der Waals surface area contributed by atoms with Crippen molar-refractivity contribution in [2.24, 2.45) is 0 Å². The van der Waals surface area contributed by atoms with E-state index in [4.69, 9.17) is 16.7 Å². The number of hydrogen-bond donors (Lipinski definition) is 2. The largest absolute Gasteiger partial charge is 0.386 e. The van der Waals surface area contributed by atoms with Gasteiger partial charge in [-0.2, -0.15) is 0 Å². The van der Waals surface area contributed by atoms with Gasteiger partial charge in [0.1, 0.15) is 6.10 Å². The predicted octanol–water partition coefficient (Wildman–Crippen LogP) is 2.82. The molecule has 0 fully saturated rings. The summed E-state index contributed by atoms with van der Waals surface area (Å²) < 4.78 is 24.8. The van der Waals surface area contributed by atoms with Crippen LogP contribution in [0.5, 0.6) is 0 Å². The van der Waals surface area contributed by atoms with Crippen molar-refractivity contribution in [1.29, 1.82) is 0 Å². The second kappa shape index (κ2) is 6.49.